The second-order valence-corrected chi connectivity index (χ2v) is 5.62. The largest absolute Gasteiger partial charge is 0.332 e. The minimum atomic E-state index is 0.894. The Morgan fingerprint density at radius 1 is 1.22 bits per heavy atom. The Balaban J connectivity index is 1.82. The van der Waals surface area contributed by atoms with Crippen molar-refractivity contribution in [3.05, 3.63) is 46.8 Å². The molecule has 1 N–H and O–H groups in total. The molecule has 2 heterocycles. The minimum Gasteiger partial charge on any atom is -0.332 e. The average Bonchev–Trinajstić information content (AvgIpc) is 2.98. The summed E-state index contributed by atoms with van der Waals surface area (Å²) < 4.78 is 0. The molecule has 2 aromatic heterocycles. The first-order chi connectivity index (χ1) is 8.81. The van der Waals surface area contributed by atoms with Gasteiger partial charge in [0, 0.05) is 22.6 Å². The minimum absolute atomic E-state index is 0.894. The molecule has 0 aliphatic carbocycles. The SMILES string of the molecule is Cc1cccc(Nc2nc(-c3nccs3)cs2)c1. The molecule has 0 atom stereocenters. The molecule has 0 radical (unpaired) electrons. The number of benzene rings is 1. The second-order valence-electron chi connectivity index (χ2n) is 3.87. The highest BCUT2D eigenvalue weighted by Crippen LogP contribution is 2.28. The Bertz CT molecular complexity index is 644. The van der Waals surface area contributed by atoms with Gasteiger partial charge in [-0.15, -0.1) is 22.7 Å². The zero-order chi connectivity index (χ0) is 12.4. The van der Waals surface area contributed by atoms with Gasteiger partial charge in [0.15, 0.2) is 5.13 Å². The molecule has 0 saturated heterocycles. The maximum atomic E-state index is 4.53. The number of rotatable bonds is 3. The van der Waals surface area contributed by atoms with Crippen molar-refractivity contribution >= 4 is 33.5 Å². The first-order valence-corrected chi connectivity index (χ1v) is 7.26. The molecule has 3 rings (SSSR count). The molecule has 0 saturated carbocycles. The number of aryl methyl sites for hydroxylation is 1. The monoisotopic (exact) mass is 273 g/mol. The Morgan fingerprint density at radius 3 is 2.94 bits per heavy atom. The molecule has 0 bridgehead atoms. The summed E-state index contributed by atoms with van der Waals surface area (Å²) in [5, 5.41) is 9.15. The van der Waals surface area contributed by atoms with E-state index in [4.69, 9.17) is 0 Å². The van der Waals surface area contributed by atoms with Crippen LogP contribution in [0.1, 0.15) is 5.56 Å². The van der Waals surface area contributed by atoms with E-state index in [2.05, 4.69) is 34.3 Å². The summed E-state index contributed by atoms with van der Waals surface area (Å²) in [7, 11) is 0. The van der Waals surface area contributed by atoms with Crippen molar-refractivity contribution in [1.29, 1.82) is 0 Å². The maximum absolute atomic E-state index is 4.53. The first kappa shape index (κ1) is 11.4. The first-order valence-electron chi connectivity index (χ1n) is 5.50. The summed E-state index contributed by atoms with van der Waals surface area (Å²) in [6, 6.07) is 8.25. The maximum Gasteiger partial charge on any atom is 0.187 e. The molecule has 0 aliphatic heterocycles. The van der Waals surface area contributed by atoms with Crippen LogP contribution in [0.25, 0.3) is 10.7 Å². The quantitative estimate of drug-likeness (QED) is 0.772. The van der Waals surface area contributed by atoms with Crippen LogP contribution < -0.4 is 5.32 Å². The van der Waals surface area contributed by atoms with E-state index in [1.807, 2.05) is 22.9 Å². The molecule has 18 heavy (non-hydrogen) atoms. The molecule has 1 aromatic carbocycles. The van der Waals surface area contributed by atoms with Gasteiger partial charge in [0.25, 0.3) is 0 Å². The molecule has 3 nitrogen and oxygen atoms in total. The molecule has 0 spiro atoms. The van der Waals surface area contributed by atoms with Gasteiger partial charge in [-0.05, 0) is 24.6 Å². The highest BCUT2D eigenvalue weighted by molar-refractivity contribution is 7.15. The summed E-state index contributed by atoms with van der Waals surface area (Å²) in [6.07, 6.45) is 1.80. The summed E-state index contributed by atoms with van der Waals surface area (Å²) >= 11 is 3.20. The molecular formula is C13H11N3S2. The predicted molar refractivity (Wildman–Crippen MR) is 77.7 cm³/mol. The normalized spacial score (nSPS) is 10.5. The van der Waals surface area contributed by atoms with Crippen molar-refractivity contribution in [2.75, 3.05) is 5.32 Å². The molecular weight excluding hydrogens is 262 g/mol. The van der Waals surface area contributed by atoms with Gasteiger partial charge < -0.3 is 5.32 Å². The van der Waals surface area contributed by atoms with Crippen molar-refractivity contribution in [3.8, 4) is 10.7 Å². The summed E-state index contributed by atoms with van der Waals surface area (Å²) in [4.78, 5) is 8.79. The van der Waals surface area contributed by atoms with Gasteiger partial charge in [0.1, 0.15) is 10.7 Å². The number of thiazole rings is 2. The fourth-order valence-corrected chi connectivity index (χ4v) is 3.01. The van der Waals surface area contributed by atoms with Crippen LogP contribution in [0.4, 0.5) is 10.8 Å². The second kappa shape index (κ2) is 4.88. The van der Waals surface area contributed by atoms with Gasteiger partial charge >= 0.3 is 0 Å². The van der Waals surface area contributed by atoms with Gasteiger partial charge in [-0.25, -0.2) is 9.97 Å². The summed E-state index contributed by atoms with van der Waals surface area (Å²) in [6.45, 7) is 2.08. The number of hydrogen-bond donors (Lipinski definition) is 1. The fraction of sp³-hybridized carbons (Fsp3) is 0.0769. The zero-order valence-corrected chi connectivity index (χ0v) is 11.4. The van der Waals surface area contributed by atoms with E-state index in [0.29, 0.717) is 0 Å². The third-order valence-corrected chi connectivity index (χ3v) is 3.98. The Morgan fingerprint density at radius 2 is 2.17 bits per heavy atom. The van der Waals surface area contributed by atoms with Crippen LogP contribution in [-0.2, 0) is 0 Å². The Kier molecular flexibility index (Phi) is 3.08. The number of hydrogen-bond acceptors (Lipinski definition) is 5. The van der Waals surface area contributed by atoms with Gasteiger partial charge in [-0.3, -0.25) is 0 Å². The van der Waals surface area contributed by atoms with Crippen molar-refractivity contribution in [2.24, 2.45) is 0 Å². The summed E-state index contributed by atoms with van der Waals surface area (Å²) in [5.74, 6) is 0. The van der Waals surface area contributed by atoms with Crippen LogP contribution in [0.15, 0.2) is 41.2 Å². The van der Waals surface area contributed by atoms with Gasteiger partial charge in [-0.2, -0.15) is 0 Å². The van der Waals surface area contributed by atoms with Crippen molar-refractivity contribution in [1.82, 2.24) is 9.97 Å². The highest BCUT2D eigenvalue weighted by Gasteiger charge is 2.06. The topological polar surface area (TPSA) is 37.8 Å². The van der Waals surface area contributed by atoms with Crippen molar-refractivity contribution in [2.45, 2.75) is 6.92 Å². The van der Waals surface area contributed by atoms with Gasteiger partial charge in [-0.1, -0.05) is 12.1 Å². The summed E-state index contributed by atoms with van der Waals surface area (Å²) in [5.41, 5.74) is 3.23. The van der Waals surface area contributed by atoms with E-state index in [1.165, 1.54) is 5.56 Å². The van der Waals surface area contributed by atoms with E-state index >= 15 is 0 Å². The van der Waals surface area contributed by atoms with E-state index in [1.54, 1.807) is 28.9 Å². The van der Waals surface area contributed by atoms with Crippen LogP contribution in [-0.4, -0.2) is 9.97 Å². The molecule has 0 fully saturated rings. The molecule has 90 valence electrons. The van der Waals surface area contributed by atoms with Gasteiger partial charge in [0.2, 0.25) is 0 Å². The smallest absolute Gasteiger partial charge is 0.187 e. The molecule has 3 aromatic rings. The lowest BCUT2D eigenvalue weighted by molar-refractivity contribution is 1.33. The number of nitrogens with zero attached hydrogens (tertiary/aromatic N) is 2. The predicted octanol–water partition coefficient (Wildman–Crippen LogP) is 4.32. The third-order valence-electron chi connectivity index (χ3n) is 2.42. The van der Waals surface area contributed by atoms with E-state index in [-0.39, 0.29) is 0 Å². The Labute approximate surface area is 113 Å². The molecule has 0 unspecified atom stereocenters. The lowest BCUT2D eigenvalue weighted by Crippen LogP contribution is -1.89. The van der Waals surface area contributed by atoms with Crippen molar-refractivity contribution < 1.29 is 0 Å². The van der Waals surface area contributed by atoms with Crippen LogP contribution in [0.3, 0.4) is 0 Å². The number of anilines is 2. The van der Waals surface area contributed by atoms with E-state index < -0.39 is 0 Å². The lowest BCUT2D eigenvalue weighted by Gasteiger charge is -2.02. The van der Waals surface area contributed by atoms with E-state index in [0.717, 1.165) is 21.5 Å². The van der Waals surface area contributed by atoms with Crippen molar-refractivity contribution in [3.63, 3.8) is 0 Å². The van der Waals surface area contributed by atoms with Gasteiger partial charge in [0.05, 0.1) is 0 Å². The highest BCUT2D eigenvalue weighted by atomic mass is 32.1. The van der Waals surface area contributed by atoms with Crippen LogP contribution >= 0.6 is 22.7 Å². The van der Waals surface area contributed by atoms with Crippen LogP contribution in [0.5, 0.6) is 0 Å². The van der Waals surface area contributed by atoms with Crippen LogP contribution in [0.2, 0.25) is 0 Å². The molecule has 0 aliphatic rings. The van der Waals surface area contributed by atoms with E-state index in [9.17, 15) is 0 Å². The average molecular weight is 273 g/mol. The third kappa shape index (κ3) is 2.42. The number of aromatic nitrogens is 2. The number of nitrogens with one attached hydrogen (secondary N) is 1. The Hall–Kier alpha value is -1.72. The standard InChI is InChI=1S/C13H11N3S2/c1-9-3-2-4-10(7-9)15-13-16-11(8-18-13)12-14-5-6-17-12/h2-8H,1H3,(H,15,16). The fourth-order valence-electron chi connectivity index (χ4n) is 1.63. The zero-order valence-electron chi connectivity index (χ0n) is 9.75. The molecule has 5 heteroatoms. The van der Waals surface area contributed by atoms with Crippen LogP contribution in [0, 0.1) is 6.92 Å². The lowest BCUT2D eigenvalue weighted by atomic mass is 10.2. The molecule has 0 amide bonds.